The lowest BCUT2D eigenvalue weighted by molar-refractivity contribution is -0.276. The van der Waals surface area contributed by atoms with Crippen molar-refractivity contribution in [2.24, 2.45) is 0 Å². The Morgan fingerprint density at radius 3 is 2.17 bits per heavy atom. The SMILES string of the molecule is FC(F)(F)Oc1nc(CBr)cc(C(F)(F)F)c1I. The second kappa shape index (κ2) is 5.39. The van der Waals surface area contributed by atoms with E-state index in [-0.39, 0.29) is 11.0 Å². The first-order chi connectivity index (χ1) is 8.04. The minimum Gasteiger partial charge on any atom is -0.387 e. The summed E-state index contributed by atoms with van der Waals surface area (Å²) < 4.78 is 76.6. The van der Waals surface area contributed by atoms with Crippen molar-refractivity contribution in [3.63, 3.8) is 0 Å². The molecule has 0 saturated heterocycles. The highest BCUT2D eigenvalue weighted by Crippen LogP contribution is 2.38. The molecule has 10 heteroatoms. The fourth-order valence-corrected chi connectivity index (χ4v) is 1.99. The summed E-state index contributed by atoms with van der Waals surface area (Å²) in [5, 5.41) is -0.124. The molecule has 0 unspecified atom stereocenters. The molecule has 0 saturated carbocycles. The van der Waals surface area contributed by atoms with Crippen LogP contribution in [0.25, 0.3) is 0 Å². The summed E-state index contributed by atoms with van der Waals surface area (Å²) in [6.45, 7) is 0. The third kappa shape index (κ3) is 4.14. The Balaban J connectivity index is 3.34. The lowest BCUT2D eigenvalue weighted by atomic mass is 10.2. The van der Waals surface area contributed by atoms with Crippen LogP contribution in [-0.2, 0) is 11.5 Å². The van der Waals surface area contributed by atoms with E-state index in [9.17, 15) is 26.3 Å². The maximum atomic E-state index is 12.6. The minimum absolute atomic E-state index is 0.124. The third-order valence-electron chi connectivity index (χ3n) is 1.64. The number of aromatic nitrogens is 1. The van der Waals surface area contributed by atoms with Crippen LogP contribution in [0.1, 0.15) is 11.3 Å². The molecule has 0 aromatic carbocycles. The zero-order valence-corrected chi connectivity index (χ0v) is 11.9. The van der Waals surface area contributed by atoms with Crippen LogP contribution in [-0.4, -0.2) is 11.3 Å². The van der Waals surface area contributed by atoms with E-state index in [4.69, 9.17) is 0 Å². The summed E-state index contributed by atoms with van der Waals surface area (Å²) in [6.07, 6.45) is -9.87. The number of hydrogen-bond donors (Lipinski definition) is 0. The molecule has 0 amide bonds. The second-order valence-electron chi connectivity index (χ2n) is 2.96. The van der Waals surface area contributed by atoms with Crippen LogP contribution in [0.2, 0.25) is 0 Å². The molecule has 0 N–H and O–H groups in total. The molecule has 0 bridgehead atoms. The zero-order chi connectivity index (χ0) is 14.1. The zero-order valence-electron chi connectivity index (χ0n) is 8.16. The quantitative estimate of drug-likeness (QED) is 0.377. The summed E-state index contributed by atoms with van der Waals surface area (Å²) in [5.41, 5.74) is -1.42. The lowest BCUT2D eigenvalue weighted by Gasteiger charge is -2.15. The van der Waals surface area contributed by atoms with Gasteiger partial charge in [-0.1, -0.05) is 15.9 Å². The van der Waals surface area contributed by atoms with Crippen LogP contribution in [0.3, 0.4) is 0 Å². The predicted octanol–water partition coefficient (Wildman–Crippen LogP) is 4.50. The summed E-state index contributed by atoms with van der Waals surface area (Å²) >= 11 is 3.94. The molecule has 1 aromatic rings. The van der Waals surface area contributed by atoms with Gasteiger partial charge in [0.15, 0.2) is 0 Å². The van der Waals surface area contributed by atoms with Crippen molar-refractivity contribution in [3.05, 3.63) is 20.9 Å². The smallest absolute Gasteiger partial charge is 0.387 e. The van der Waals surface area contributed by atoms with E-state index in [1.54, 1.807) is 0 Å². The topological polar surface area (TPSA) is 22.1 Å². The Labute approximate surface area is 119 Å². The number of halogens is 8. The Morgan fingerprint density at radius 1 is 1.22 bits per heavy atom. The number of pyridine rings is 1. The number of ether oxygens (including phenoxy) is 1. The summed E-state index contributed by atoms with van der Waals surface area (Å²) in [5.74, 6) is -1.10. The van der Waals surface area contributed by atoms with Gasteiger partial charge in [0.1, 0.15) is 0 Å². The summed E-state index contributed by atoms with van der Waals surface area (Å²) in [7, 11) is 0. The molecular formula is C8H3BrF6INO. The molecule has 0 aliphatic carbocycles. The number of rotatable bonds is 2. The molecule has 1 aromatic heterocycles. The molecule has 102 valence electrons. The van der Waals surface area contributed by atoms with Crippen LogP contribution in [0.15, 0.2) is 6.07 Å². The Morgan fingerprint density at radius 2 is 1.78 bits per heavy atom. The van der Waals surface area contributed by atoms with Gasteiger partial charge < -0.3 is 4.74 Å². The molecule has 0 atom stereocenters. The van der Waals surface area contributed by atoms with Crippen LogP contribution >= 0.6 is 38.5 Å². The molecule has 0 radical (unpaired) electrons. The van der Waals surface area contributed by atoms with Gasteiger partial charge in [-0.05, 0) is 28.7 Å². The molecule has 0 aliphatic heterocycles. The van der Waals surface area contributed by atoms with E-state index in [1.165, 1.54) is 0 Å². The largest absolute Gasteiger partial charge is 0.574 e. The van der Waals surface area contributed by atoms with E-state index in [0.717, 1.165) is 22.6 Å². The maximum Gasteiger partial charge on any atom is 0.574 e. The first kappa shape index (κ1) is 15.8. The first-order valence-corrected chi connectivity index (χ1v) is 6.33. The van der Waals surface area contributed by atoms with Crippen molar-refractivity contribution >= 4 is 38.5 Å². The monoisotopic (exact) mass is 449 g/mol. The molecule has 2 nitrogen and oxygen atoms in total. The first-order valence-electron chi connectivity index (χ1n) is 4.13. The van der Waals surface area contributed by atoms with Crippen molar-refractivity contribution < 1.29 is 31.1 Å². The van der Waals surface area contributed by atoms with Gasteiger partial charge in [0.05, 0.1) is 14.8 Å². The highest BCUT2D eigenvalue weighted by Gasteiger charge is 2.38. The molecule has 1 rings (SSSR count). The van der Waals surface area contributed by atoms with E-state index < -0.39 is 27.6 Å². The van der Waals surface area contributed by atoms with E-state index in [0.29, 0.717) is 6.07 Å². The van der Waals surface area contributed by atoms with Gasteiger partial charge in [0.2, 0.25) is 5.88 Å². The Hall–Kier alpha value is -0.260. The number of hydrogen-bond acceptors (Lipinski definition) is 2. The molecular weight excluding hydrogens is 447 g/mol. The van der Waals surface area contributed by atoms with Crippen LogP contribution in [0, 0.1) is 3.57 Å². The minimum atomic E-state index is -5.10. The van der Waals surface area contributed by atoms with Crippen LogP contribution < -0.4 is 4.74 Å². The van der Waals surface area contributed by atoms with Crippen molar-refractivity contribution in [3.8, 4) is 5.88 Å². The average molecular weight is 450 g/mol. The molecule has 0 aliphatic rings. The molecule has 0 spiro atoms. The average Bonchev–Trinajstić information content (AvgIpc) is 2.17. The highest BCUT2D eigenvalue weighted by molar-refractivity contribution is 14.1. The fourth-order valence-electron chi connectivity index (χ4n) is 1.01. The Kier molecular flexibility index (Phi) is 4.73. The normalized spacial score (nSPS) is 12.7. The number of nitrogens with zero attached hydrogens (tertiary/aromatic N) is 1. The number of alkyl halides is 7. The van der Waals surface area contributed by atoms with Gasteiger partial charge >= 0.3 is 12.5 Å². The Bertz CT molecular complexity index is 446. The van der Waals surface area contributed by atoms with Gasteiger partial charge in [0, 0.05) is 5.33 Å². The van der Waals surface area contributed by atoms with Crippen LogP contribution in [0.5, 0.6) is 5.88 Å². The summed E-state index contributed by atoms with van der Waals surface area (Å²) in [6, 6.07) is 0.666. The van der Waals surface area contributed by atoms with E-state index in [2.05, 4.69) is 25.7 Å². The van der Waals surface area contributed by atoms with Gasteiger partial charge in [-0.3, -0.25) is 0 Å². The van der Waals surface area contributed by atoms with Crippen molar-refractivity contribution in [1.82, 2.24) is 4.98 Å². The van der Waals surface area contributed by atoms with Gasteiger partial charge in [-0.15, -0.1) is 13.2 Å². The maximum absolute atomic E-state index is 12.6. The molecule has 0 fully saturated rings. The fraction of sp³-hybridized carbons (Fsp3) is 0.375. The lowest BCUT2D eigenvalue weighted by Crippen LogP contribution is -2.20. The van der Waals surface area contributed by atoms with Crippen LogP contribution in [0.4, 0.5) is 26.3 Å². The third-order valence-corrected chi connectivity index (χ3v) is 3.25. The standard InChI is InChI=1S/C8H3BrF6INO/c9-2-3-1-4(7(10,11)12)5(16)6(17-3)18-8(13,14)15/h1H,2H2. The highest BCUT2D eigenvalue weighted by atomic mass is 127. The van der Waals surface area contributed by atoms with E-state index in [1.807, 2.05) is 0 Å². The van der Waals surface area contributed by atoms with Crippen molar-refractivity contribution in [2.45, 2.75) is 17.9 Å². The van der Waals surface area contributed by atoms with E-state index >= 15 is 0 Å². The van der Waals surface area contributed by atoms with Crippen molar-refractivity contribution in [2.75, 3.05) is 0 Å². The second-order valence-corrected chi connectivity index (χ2v) is 4.60. The van der Waals surface area contributed by atoms with Crippen molar-refractivity contribution in [1.29, 1.82) is 0 Å². The summed E-state index contributed by atoms with van der Waals surface area (Å²) in [4.78, 5) is 3.35. The molecule has 18 heavy (non-hydrogen) atoms. The van der Waals surface area contributed by atoms with Gasteiger partial charge in [0.25, 0.3) is 0 Å². The van der Waals surface area contributed by atoms with Gasteiger partial charge in [-0.2, -0.15) is 13.2 Å². The van der Waals surface area contributed by atoms with Gasteiger partial charge in [-0.25, -0.2) is 4.98 Å². The predicted molar refractivity (Wildman–Crippen MR) is 61.3 cm³/mol. The molecule has 1 heterocycles.